The lowest BCUT2D eigenvalue weighted by atomic mass is 9.94. The van der Waals surface area contributed by atoms with E-state index in [1.54, 1.807) is 0 Å². The van der Waals surface area contributed by atoms with E-state index >= 15 is 0 Å². The summed E-state index contributed by atoms with van der Waals surface area (Å²) in [7, 11) is 0. The van der Waals surface area contributed by atoms with E-state index in [0.717, 1.165) is 24.8 Å². The first kappa shape index (κ1) is 24.2. The Labute approximate surface area is 171 Å². The summed E-state index contributed by atoms with van der Waals surface area (Å²) < 4.78 is 10.9. The number of benzene rings is 1. The quantitative estimate of drug-likeness (QED) is 0.296. The highest BCUT2D eigenvalue weighted by molar-refractivity contribution is 5.73. The molecule has 0 aliphatic carbocycles. The molecule has 0 heterocycles. The number of rotatable bonds is 13. The zero-order valence-electron chi connectivity index (χ0n) is 18.2. The Hall–Kier alpha value is -1.84. The Kier molecular flexibility index (Phi) is 11.5. The average molecular weight is 391 g/mol. The van der Waals surface area contributed by atoms with Gasteiger partial charge in [0.05, 0.1) is 5.92 Å². The van der Waals surface area contributed by atoms with Gasteiger partial charge in [0.25, 0.3) is 0 Å². The van der Waals surface area contributed by atoms with Gasteiger partial charge in [-0.2, -0.15) is 0 Å². The Balaban J connectivity index is 2.39. The van der Waals surface area contributed by atoms with Crippen LogP contribution in [0.1, 0.15) is 91.0 Å². The maximum absolute atomic E-state index is 12.5. The van der Waals surface area contributed by atoms with Crippen molar-refractivity contribution in [1.29, 1.82) is 0 Å². The molecule has 1 atom stereocenters. The zero-order chi connectivity index (χ0) is 20.8. The lowest BCUT2D eigenvalue weighted by molar-refractivity contribution is -0.161. The molecule has 0 aliphatic heterocycles. The number of hydrogen-bond acceptors (Lipinski definition) is 4. The van der Waals surface area contributed by atoms with Crippen LogP contribution in [0.25, 0.3) is 0 Å². The van der Waals surface area contributed by atoms with Gasteiger partial charge in [0.1, 0.15) is 12.2 Å². The van der Waals surface area contributed by atoms with Crippen molar-refractivity contribution in [2.24, 2.45) is 5.92 Å². The second-order valence-electron chi connectivity index (χ2n) is 8.47. The smallest absolute Gasteiger partial charge is 0.309 e. The minimum Gasteiger partial charge on any atom is -0.461 e. The summed E-state index contributed by atoms with van der Waals surface area (Å²) in [6.07, 6.45) is 8.32. The van der Waals surface area contributed by atoms with Gasteiger partial charge >= 0.3 is 11.9 Å². The highest BCUT2D eigenvalue weighted by Gasteiger charge is 2.24. The third-order valence-corrected chi connectivity index (χ3v) is 4.57. The van der Waals surface area contributed by atoms with E-state index in [9.17, 15) is 9.59 Å². The second kappa shape index (κ2) is 13.4. The van der Waals surface area contributed by atoms with Gasteiger partial charge in [0.15, 0.2) is 0 Å². The predicted molar refractivity (Wildman–Crippen MR) is 113 cm³/mol. The molecule has 0 fully saturated rings. The molecule has 1 aromatic rings. The molecule has 28 heavy (non-hydrogen) atoms. The molecule has 0 spiro atoms. The summed E-state index contributed by atoms with van der Waals surface area (Å²) in [6, 6.07) is 9.66. The number of unbranched alkanes of at least 4 members (excludes halogenated alkanes) is 4. The first-order valence-corrected chi connectivity index (χ1v) is 10.7. The summed E-state index contributed by atoms with van der Waals surface area (Å²) in [5.41, 5.74) is 0.501. The monoisotopic (exact) mass is 390 g/mol. The third-order valence-electron chi connectivity index (χ3n) is 4.57. The van der Waals surface area contributed by atoms with Crippen molar-refractivity contribution in [1.82, 2.24) is 0 Å². The van der Waals surface area contributed by atoms with E-state index < -0.39 is 5.60 Å². The van der Waals surface area contributed by atoms with Crippen LogP contribution in [0.5, 0.6) is 0 Å². The SMILES string of the molecule is CCCCCCCC(CCCC(=O)OCc1ccccc1)C(=O)OC(C)(C)C. The van der Waals surface area contributed by atoms with Crippen LogP contribution in [0, 0.1) is 5.92 Å². The molecule has 0 aliphatic rings. The van der Waals surface area contributed by atoms with Gasteiger partial charge in [-0.25, -0.2) is 0 Å². The second-order valence-corrected chi connectivity index (χ2v) is 8.47. The van der Waals surface area contributed by atoms with Crippen LogP contribution in [-0.4, -0.2) is 17.5 Å². The molecule has 4 nitrogen and oxygen atoms in total. The maximum Gasteiger partial charge on any atom is 0.309 e. The van der Waals surface area contributed by atoms with E-state index in [0.29, 0.717) is 25.9 Å². The van der Waals surface area contributed by atoms with Gasteiger partial charge < -0.3 is 9.47 Å². The fraction of sp³-hybridized carbons (Fsp3) is 0.667. The van der Waals surface area contributed by atoms with E-state index in [1.807, 2.05) is 51.1 Å². The molecule has 1 unspecified atom stereocenters. The molecule has 0 saturated carbocycles. The van der Waals surface area contributed by atoms with Crippen molar-refractivity contribution >= 4 is 11.9 Å². The molecule has 0 aromatic heterocycles. The van der Waals surface area contributed by atoms with Crippen molar-refractivity contribution in [3.63, 3.8) is 0 Å². The van der Waals surface area contributed by atoms with Crippen molar-refractivity contribution < 1.29 is 19.1 Å². The molecule has 0 saturated heterocycles. The van der Waals surface area contributed by atoms with Crippen LogP contribution in [0.4, 0.5) is 0 Å². The van der Waals surface area contributed by atoms with E-state index in [1.165, 1.54) is 19.3 Å². The molecule has 1 rings (SSSR count). The lowest BCUT2D eigenvalue weighted by Gasteiger charge is -2.24. The Morgan fingerprint density at radius 1 is 0.929 bits per heavy atom. The summed E-state index contributed by atoms with van der Waals surface area (Å²) in [6.45, 7) is 8.17. The van der Waals surface area contributed by atoms with E-state index in [-0.39, 0.29) is 17.9 Å². The summed E-state index contributed by atoms with van der Waals surface area (Å²) in [4.78, 5) is 24.5. The topological polar surface area (TPSA) is 52.6 Å². The highest BCUT2D eigenvalue weighted by atomic mass is 16.6. The fourth-order valence-corrected chi connectivity index (χ4v) is 3.06. The van der Waals surface area contributed by atoms with Gasteiger partial charge in [-0.3, -0.25) is 9.59 Å². The average Bonchev–Trinajstić information content (AvgIpc) is 2.64. The first-order chi connectivity index (χ1) is 13.3. The highest BCUT2D eigenvalue weighted by Crippen LogP contribution is 2.22. The predicted octanol–water partition coefficient (Wildman–Crippen LogP) is 6.22. The van der Waals surface area contributed by atoms with Gasteiger partial charge in [-0.05, 0) is 45.6 Å². The number of ether oxygens (including phenoxy) is 2. The summed E-state index contributed by atoms with van der Waals surface area (Å²) in [5.74, 6) is -0.488. The largest absolute Gasteiger partial charge is 0.461 e. The van der Waals surface area contributed by atoms with Gasteiger partial charge in [0, 0.05) is 6.42 Å². The Morgan fingerprint density at radius 3 is 2.21 bits per heavy atom. The first-order valence-electron chi connectivity index (χ1n) is 10.7. The molecule has 4 heteroatoms. The molecule has 0 bridgehead atoms. The minimum atomic E-state index is -0.480. The van der Waals surface area contributed by atoms with Gasteiger partial charge in [0.2, 0.25) is 0 Å². The number of esters is 2. The van der Waals surface area contributed by atoms with Crippen LogP contribution in [0.2, 0.25) is 0 Å². The molecular formula is C24H38O4. The Morgan fingerprint density at radius 2 is 1.57 bits per heavy atom. The van der Waals surface area contributed by atoms with Crippen molar-refractivity contribution in [3.8, 4) is 0 Å². The summed E-state index contributed by atoms with van der Waals surface area (Å²) >= 11 is 0. The standard InChI is InChI=1S/C24H38O4/c1-5-6-7-8-12-16-21(23(26)28-24(2,3)4)17-13-18-22(25)27-19-20-14-10-9-11-15-20/h9-11,14-15,21H,5-8,12-13,16-19H2,1-4H3. The van der Waals surface area contributed by atoms with E-state index in [4.69, 9.17) is 9.47 Å². The molecule has 0 amide bonds. The molecule has 158 valence electrons. The fourth-order valence-electron chi connectivity index (χ4n) is 3.06. The van der Waals surface area contributed by atoms with Crippen LogP contribution < -0.4 is 0 Å². The molecule has 0 N–H and O–H groups in total. The zero-order valence-corrected chi connectivity index (χ0v) is 18.2. The Bertz CT molecular complexity index is 560. The van der Waals surface area contributed by atoms with Gasteiger partial charge in [-0.1, -0.05) is 69.4 Å². The summed E-state index contributed by atoms with van der Waals surface area (Å²) in [5, 5.41) is 0. The lowest BCUT2D eigenvalue weighted by Crippen LogP contribution is -2.29. The van der Waals surface area contributed by atoms with Crippen molar-refractivity contribution in [2.45, 2.75) is 97.7 Å². The van der Waals surface area contributed by atoms with Crippen molar-refractivity contribution in [2.75, 3.05) is 0 Å². The van der Waals surface area contributed by atoms with E-state index in [2.05, 4.69) is 6.92 Å². The van der Waals surface area contributed by atoms with Crippen LogP contribution >= 0.6 is 0 Å². The third kappa shape index (κ3) is 11.8. The minimum absolute atomic E-state index is 0.136. The van der Waals surface area contributed by atoms with Gasteiger partial charge in [-0.15, -0.1) is 0 Å². The number of carbonyl (C=O) groups is 2. The molecular weight excluding hydrogens is 352 g/mol. The maximum atomic E-state index is 12.5. The normalized spacial score (nSPS) is 12.4. The van der Waals surface area contributed by atoms with Crippen LogP contribution in [0.3, 0.4) is 0 Å². The van der Waals surface area contributed by atoms with Crippen molar-refractivity contribution in [3.05, 3.63) is 35.9 Å². The van der Waals surface area contributed by atoms with Crippen LogP contribution in [-0.2, 0) is 25.7 Å². The number of hydrogen-bond donors (Lipinski definition) is 0. The molecule has 0 radical (unpaired) electrons. The number of carbonyl (C=O) groups excluding carboxylic acids is 2. The van der Waals surface area contributed by atoms with Crippen LogP contribution in [0.15, 0.2) is 30.3 Å². The molecule has 1 aromatic carbocycles.